The van der Waals surface area contributed by atoms with E-state index in [9.17, 15) is 4.79 Å². The van der Waals surface area contributed by atoms with Crippen molar-refractivity contribution in [3.63, 3.8) is 0 Å². The van der Waals surface area contributed by atoms with Gasteiger partial charge in [0.25, 0.3) is 0 Å². The Bertz CT molecular complexity index is 465. The molecule has 1 aliphatic rings. The van der Waals surface area contributed by atoms with Crippen molar-refractivity contribution >= 4 is 27.7 Å². The molecule has 0 amide bonds. The van der Waals surface area contributed by atoms with Crippen LogP contribution in [0.3, 0.4) is 0 Å². The van der Waals surface area contributed by atoms with Crippen LogP contribution >= 0.6 is 15.9 Å². The standard InChI is InChI=1S/C14H19BrN2O2/c1-3-19-14(18)10-4-5-11(7-10)17-13-6-9(2)12(15)8-16-13/h6,8,10-11H,3-5,7H2,1-2H3,(H,16,17). The van der Waals surface area contributed by atoms with Crippen molar-refractivity contribution in [2.45, 2.75) is 39.2 Å². The Morgan fingerprint density at radius 3 is 3.05 bits per heavy atom. The second-order valence-corrected chi connectivity index (χ2v) is 5.78. The number of hydrogen-bond acceptors (Lipinski definition) is 4. The highest BCUT2D eigenvalue weighted by Crippen LogP contribution is 2.29. The van der Waals surface area contributed by atoms with E-state index in [1.165, 1.54) is 0 Å². The number of anilines is 1. The normalized spacial score (nSPS) is 22.3. The minimum Gasteiger partial charge on any atom is -0.466 e. The van der Waals surface area contributed by atoms with Crippen LogP contribution in [0.25, 0.3) is 0 Å². The summed E-state index contributed by atoms with van der Waals surface area (Å²) in [6.07, 6.45) is 4.51. The van der Waals surface area contributed by atoms with Crippen LogP contribution in [-0.2, 0) is 9.53 Å². The number of esters is 1. The SMILES string of the molecule is CCOC(=O)C1CCC(Nc2cc(C)c(Br)cn2)C1. The van der Waals surface area contributed by atoms with Crippen molar-refractivity contribution in [2.24, 2.45) is 5.92 Å². The van der Waals surface area contributed by atoms with E-state index in [1.54, 1.807) is 6.20 Å². The maximum absolute atomic E-state index is 11.7. The number of ether oxygens (including phenoxy) is 1. The van der Waals surface area contributed by atoms with Gasteiger partial charge in [-0.1, -0.05) is 0 Å². The van der Waals surface area contributed by atoms with Gasteiger partial charge in [0.2, 0.25) is 0 Å². The highest BCUT2D eigenvalue weighted by Gasteiger charge is 2.30. The number of nitrogens with one attached hydrogen (secondary N) is 1. The van der Waals surface area contributed by atoms with E-state index < -0.39 is 0 Å². The molecule has 0 radical (unpaired) electrons. The van der Waals surface area contributed by atoms with Crippen LogP contribution in [0.1, 0.15) is 31.7 Å². The van der Waals surface area contributed by atoms with Crippen molar-refractivity contribution in [1.82, 2.24) is 4.98 Å². The molecule has 1 saturated carbocycles. The molecule has 1 fully saturated rings. The van der Waals surface area contributed by atoms with E-state index in [-0.39, 0.29) is 11.9 Å². The Morgan fingerprint density at radius 1 is 1.58 bits per heavy atom. The summed E-state index contributed by atoms with van der Waals surface area (Å²) >= 11 is 3.44. The predicted octanol–water partition coefficient (Wildman–Crippen LogP) is 3.30. The number of carbonyl (C=O) groups is 1. The predicted molar refractivity (Wildman–Crippen MR) is 78.1 cm³/mol. The first-order valence-corrected chi connectivity index (χ1v) is 7.44. The molecule has 0 bridgehead atoms. The van der Waals surface area contributed by atoms with Gasteiger partial charge < -0.3 is 10.1 Å². The fourth-order valence-electron chi connectivity index (χ4n) is 2.41. The van der Waals surface area contributed by atoms with E-state index in [0.29, 0.717) is 12.6 Å². The fourth-order valence-corrected chi connectivity index (χ4v) is 2.63. The Labute approximate surface area is 122 Å². The lowest BCUT2D eigenvalue weighted by atomic mass is 10.1. The molecule has 2 unspecified atom stereocenters. The van der Waals surface area contributed by atoms with Gasteiger partial charge in [-0.15, -0.1) is 0 Å². The summed E-state index contributed by atoms with van der Waals surface area (Å²) in [6.45, 7) is 4.34. The van der Waals surface area contributed by atoms with Gasteiger partial charge in [0.15, 0.2) is 0 Å². The largest absolute Gasteiger partial charge is 0.466 e. The zero-order chi connectivity index (χ0) is 13.8. The molecule has 19 heavy (non-hydrogen) atoms. The molecule has 0 saturated heterocycles. The maximum atomic E-state index is 11.7. The van der Waals surface area contributed by atoms with Crippen molar-refractivity contribution in [1.29, 1.82) is 0 Å². The van der Waals surface area contributed by atoms with Gasteiger partial charge in [-0.2, -0.15) is 0 Å². The van der Waals surface area contributed by atoms with Crippen LogP contribution in [0.15, 0.2) is 16.7 Å². The quantitative estimate of drug-likeness (QED) is 0.862. The smallest absolute Gasteiger partial charge is 0.308 e. The van der Waals surface area contributed by atoms with Crippen LogP contribution in [0.2, 0.25) is 0 Å². The zero-order valence-electron chi connectivity index (χ0n) is 11.3. The summed E-state index contributed by atoms with van der Waals surface area (Å²) in [5, 5.41) is 3.40. The Balaban J connectivity index is 1.91. The van der Waals surface area contributed by atoms with Crippen LogP contribution in [0, 0.1) is 12.8 Å². The van der Waals surface area contributed by atoms with Gasteiger partial charge in [-0.05, 0) is 60.7 Å². The van der Waals surface area contributed by atoms with Crippen LogP contribution in [0.5, 0.6) is 0 Å². The average Bonchev–Trinajstić information content (AvgIpc) is 2.83. The van der Waals surface area contributed by atoms with Gasteiger partial charge in [0, 0.05) is 16.7 Å². The lowest BCUT2D eigenvalue weighted by Gasteiger charge is -2.14. The molecule has 1 N–H and O–H groups in total. The highest BCUT2D eigenvalue weighted by atomic mass is 79.9. The van der Waals surface area contributed by atoms with Gasteiger partial charge in [0.1, 0.15) is 5.82 Å². The topological polar surface area (TPSA) is 51.2 Å². The Hall–Kier alpha value is -1.10. The summed E-state index contributed by atoms with van der Waals surface area (Å²) in [4.78, 5) is 16.0. The van der Waals surface area contributed by atoms with Gasteiger partial charge >= 0.3 is 5.97 Å². The first kappa shape index (κ1) is 14.3. The van der Waals surface area contributed by atoms with Crippen molar-refractivity contribution in [3.05, 3.63) is 22.3 Å². The minimum atomic E-state index is -0.0632. The minimum absolute atomic E-state index is 0.0361. The molecule has 104 valence electrons. The van der Waals surface area contributed by atoms with Gasteiger partial charge in [0.05, 0.1) is 12.5 Å². The van der Waals surface area contributed by atoms with Crippen molar-refractivity contribution < 1.29 is 9.53 Å². The van der Waals surface area contributed by atoms with E-state index in [1.807, 2.05) is 19.9 Å². The number of hydrogen-bond donors (Lipinski definition) is 1. The van der Waals surface area contributed by atoms with Crippen LogP contribution in [0.4, 0.5) is 5.82 Å². The van der Waals surface area contributed by atoms with E-state index in [4.69, 9.17) is 4.74 Å². The lowest BCUT2D eigenvalue weighted by molar-refractivity contribution is -0.147. The Kier molecular flexibility index (Phi) is 4.80. The second kappa shape index (κ2) is 6.37. The lowest BCUT2D eigenvalue weighted by Crippen LogP contribution is -2.20. The fraction of sp³-hybridized carbons (Fsp3) is 0.571. The first-order valence-electron chi connectivity index (χ1n) is 6.65. The second-order valence-electron chi connectivity index (χ2n) is 4.92. The number of pyridine rings is 1. The van der Waals surface area contributed by atoms with Crippen molar-refractivity contribution in [2.75, 3.05) is 11.9 Å². The van der Waals surface area contributed by atoms with Crippen LogP contribution < -0.4 is 5.32 Å². The highest BCUT2D eigenvalue weighted by molar-refractivity contribution is 9.10. The van der Waals surface area contributed by atoms with Crippen LogP contribution in [-0.4, -0.2) is 23.6 Å². The molecule has 4 nitrogen and oxygen atoms in total. The summed E-state index contributed by atoms with van der Waals surface area (Å²) in [7, 11) is 0. The molecule has 0 spiro atoms. The summed E-state index contributed by atoms with van der Waals surface area (Å²) in [6, 6.07) is 2.32. The summed E-state index contributed by atoms with van der Waals surface area (Å²) in [5.41, 5.74) is 1.15. The molecule has 0 aromatic carbocycles. The molecule has 1 aliphatic carbocycles. The van der Waals surface area contributed by atoms with Gasteiger partial charge in [-0.25, -0.2) is 4.98 Å². The third kappa shape index (κ3) is 3.69. The molecule has 0 aliphatic heterocycles. The number of aryl methyl sites for hydroxylation is 1. The molecular formula is C14H19BrN2O2. The van der Waals surface area contributed by atoms with E-state index in [0.717, 1.165) is 35.1 Å². The first-order chi connectivity index (χ1) is 9.10. The zero-order valence-corrected chi connectivity index (χ0v) is 12.9. The van der Waals surface area contributed by atoms with Gasteiger partial charge in [-0.3, -0.25) is 4.79 Å². The number of halogens is 1. The molecular weight excluding hydrogens is 308 g/mol. The van der Waals surface area contributed by atoms with E-state index >= 15 is 0 Å². The number of aromatic nitrogens is 1. The Morgan fingerprint density at radius 2 is 2.37 bits per heavy atom. The van der Waals surface area contributed by atoms with E-state index in [2.05, 4.69) is 26.2 Å². The molecule has 1 heterocycles. The number of nitrogens with zero attached hydrogens (tertiary/aromatic N) is 1. The summed E-state index contributed by atoms with van der Waals surface area (Å²) in [5.74, 6) is 0.843. The van der Waals surface area contributed by atoms with Crippen molar-refractivity contribution in [3.8, 4) is 0 Å². The average molecular weight is 327 g/mol. The molecule has 1 aromatic heterocycles. The summed E-state index contributed by atoms with van der Waals surface area (Å²) < 4.78 is 6.08. The maximum Gasteiger partial charge on any atom is 0.308 e. The third-order valence-corrected chi connectivity index (χ3v) is 4.28. The molecule has 1 aromatic rings. The number of carbonyl (C=O) groups excluding carboxylic acids is 1. The molecule has 2 atom stereocenters. The number of rotatable bonds is 4. The monoisotopic (exact) mass is 326 g/mol. The third-order valence-electron chi connectivity index (χ3n) is 3.45. The molecule has 5 heteroatoms. The molecule has 2 rings (SSSR count).